The highest BCUT2D eigenvalue weighted by Crippen LogP contribution is 2.41. The van der Waals surface area contributed by atoms with Gasteiger partial charge in [-0.2, -0.15) is 23.5 Å². The Morgan fingerprint density at radius 2 is 1.95 bits per heavy atom. The van der Waals surface area contributed by atoms with Crippen molar-refractivity contribution < 1.29 is 26.4 Å². The molecule has 4 rings (SSSR count). The number of nitrogens with one attached hydrogen (secondary N) is 1. The van der Waals surface area contributed by atoms with Crippen molar-refractivity contribution in [3.8, 4) is 17.2 Å². The van der Waals surface area contributed by atoms with Crippen molar-refractivity contribution in [2.75, 3.05) is 19.6 Å². The van der Waals surface area contributed by atoms with Crippen LogP contribution >= 0.6 is 0 Å². The second-order valence-electron chi connectivity index (χ2n) is 9.91. The van der Waals surface area contributed by atoms with Gasteiger partial charge in [0.05, 0.1) is 28.0 Å². The van der Waals surface area contributed by atoms with Crippen molar-refractivity contribution in [2.24, 2.45) is 13.0 Å². The van der Waals surface area contributed by atoms with Gasteiger partial charge in [-0.15, -0.1) is 0 Å². The van der Waals surface area contributed by atoms with Gasteiger partial charge in [-0.25, -0.2) is 8.42 Å². The van der Waals surface area contributed by atoms with Crippen LogP contribution in [0, 0.1) is 17.2 Å². The molecule has 1 aromatic heterocycles. The topological polar surface area (TPSA) is 108 Å². The van der Waals surface area contributed by atoms with Gasteiger partial charge in [0.25, 0.3) is 0 Å². The third-order valence-corrected chi connectivity index (χ3v) is 9.83. The first kappa shape index (κ1) is 27.1. The first-order valence-electron chi connectivity index (χ1n) is 12.3. The lowest BCUT2D eigenvalue weighted by molar-refractivity contribution is -0.139. The largest absolute Gasteiger partial charge is 0.417 e. The molecule has 8 nitrogen and oxygen atoms in total. The third-order valence-electron chi connectivity index (χ3n) is 7.56. The number of hydrogen-bond acceptors (Lipinski definition) is 6. The van der Waals surface area contributed by atoms with Gasteiger partial charge in [0.1, 0.15) is 5.54 Å². The zero-order valence-corrected chi connectivity index (χ0v) is 21.6. The summed E-state index contributed by atoms with van der Waals surface area (Å²) in [5.41, 5.74) is -1.59. The lowest BCUT2D eigenvalue weighted by Crippen LogP contribution is -2.55. The summed E-state index contributed by atoms with van der Waals surface area (Å²) in [6.07, 6.45) is -0.779. The fraction of sp³-hybridized carbons (Fsp3) is 0.560. The predicted molar refractivity (Wildman–Crippen MR) is 130 cm³/mol. The highest BCUT2D eigenvalue weighted by Gasteiger charge is 2.45. The Bertz CT molecular complexity index is 1310. The maximum absolute atomic E-state index is 14.0. The number of sulfone groups is 1. The molecule has 2 aliphatic rings. The van der Waals surface area contributed by atoms with Gasteiger partial charge in [-0.1, -0.05) is 13.0 Å². The zero-order valence-electron chi connectivity index (χ0n) is 20.8. The van der Waals surface area contributed by atoms with E-state index in [0.29, 0.717) is 31.5 Å². The zero-order chi connectivity index (χ0) is 27.0. The van der Waals surface area contributed by atoms with Crippen molar-refractivity contribution in [3.63, 3.8) is 0 Å². The number of carbonyl (C=O) groups excluding carboxylic acids is 1. The molecule has 1 aliphatic carbocycles. The Balaban J connectivity index is 1.53. The van der Waals surface area contributed by atoms with Crippen LogP contribution in [-0.4, -0.2) is 59.4 Å². The molecule has 0 bridgehead atoms. The Morgan fingerprint density at radius 1 is 1.24 bits per heavy atom. The van der Waals surface area contributed by atoms with E-state index < -0.39 is 49.1 Å². The number of rotatable bonds is 6. The van der Waals surface area contributed by atoms with Gasteiger partial charge in [-0.3, -0.25) is 9.48 Å². The SMILES string of the molecule is CCN1CCC(C#N)(NC(=O)[C@@H]2CC[C@@H](S(=O)(=O)c3ccc(-c4cnn(C)c4)cc3C(F)(F)F)C2)CC1. The summed E-state index contributed by atoms with van der Waals surface area (Å²) in [5, 5.41) is 15.4. The number of hydrogen-bond donors (Lipinski definition) is 1. The number of halogens is 3. The van der Waals surface area contributed by atoms with Gasteiger partial charge >= 0.3 is 6.18 Å². The lowest BCUT2D eigenvalue weighted by Gasteiger charge is -2.37. The van der Waals surface area contributed by atoms with E-state index in [0.717, 1.165) is 18.7 Å². The molecule has 37 heavy (non-hydrogen) atoms. The quantitative estimate of drug-likeness (QED) is 0.604. The molecule has 2 fully saturated rings. The molecular weight excluding hydrogens is 507 g/mol. The van der Waals surface area contributed by atoms with Crippen LogP contribution in [0.5, 0.6) is 0 Å². The van der Waals surface area contributed by atoms with Crippen LogP contribution in [-0.2, 0) is 27.9 Å². The molecule has 1 aliphatic heterocycles. The van der Waals surface area contributed by atoms with Crippen LogP contribution in [0.2, 0.25) is 0 Å². The Morgan fingerprint density at radius 3 is 2.51 bits per heavy atom. The van der Waals surface area contributed by atoms with E-state index >= 15 is 0 Å². The number of nitrogens with zero attached hydrogens (tertiary/aromatic N) is 4. The maximum Gasteiger partial charge on any atom is 0.417 e. The average Bonchev–Trinajstić information content (AvgIpc) is 3.54. The van der Waals surface area contributed by atoms with Gasteiger partial charge in [0.15, 0.2) is 9.84 Å². The number of aryl methyl sites for hydroxylation is 1. The summed E-state index contributed by atoms with van der Waals surface area (Å²) in [6.45, 7) is 4.21. The van der Waals surface area contributed by atoms with Crippen LogP contribution in [0.3, 0.4) is 0 Å². The Kier molecular flexibility index (Phi) is 7.41. The van der Waals surface area contributed by atoms with Crippen molar-refractivity contribution in [1.29, 1.82) is 5.26 Å². The molecule has 2 aromatic rings. The van der Waals surface area contributed by atoms with E-state index in [2.05, 4.69) is 21.4 Å². The highest BCUT2D eigenvalue weighted by atomic mass is 32.2. The van der Waals surface area contributed by atoms with Crippen LogP contribution in [0.25, 0.3) is 11.1 Å². The minimum atomic E-state index is -4.89. The number of nitriles is 1. The van der Waals surface area contributed by atoms with Crippen LogP contribution < -0.4 is 5.32 Å². The molecule has 2 atom stereocenters. The minimum absolute atomic E-state index is 0.0746. The number of piperidine rings is 1. The summed E-state index contributed by atoms with van der Waals surface area (Å²) < 4.78 is 70.2. The molecule has 1 saturated heterocycles. The van der Waals surface area contributed by atoms with Crippen molar-refractivity contribution in [1.82, 2.24) is 20.0 Å². The molecule has 0 radical (unpaired) electrons. The maximum atomic E-state index is 14.0. The highest BCUT2D eigenvalue weighted by molar-refractivity contribution is 7.92. The number of alkyl halides is 3. The van der Waals surface area contributed by atoms with Crippen molar-refractivity contribution in [3.05, 3.63) is 36.2 Å². The number of amides is 1. The average molecular weight is 538 g/mol. The summed E-state index contributed by atoms with van der Waals surface area (Å²) >= 11 is 0. The molecule has 200 valence electrons. The molecule has 1 aromatic carbocycles. The monoisotopic (exact) mass is 537 g/mol. The predicted octanol–water partition coefficient (Wildman–Crippen LogP) is 3.54. The first-order chi connectivity index (χ1) is 17.4. The third kappa shape index (κ3) is 5.52. The molecule has 1 amide bonds. The van der Waals surface area contributed by atoms with Gasteiger partial charge < -0.3 is 10.2 Å². The van der Waals surface area contributed by atoms with E-state index in [4.69, 9.17) is 0 Å². The summed E-state index contributed by atoms with van der Waals surface area (Å²) in [6, 6.07) is 5.40. The van der Waals surface area contributed by atoms with Gasteiger partial charge in [-0.05, 0) is 56.3 Å². The molecule has 2 heterocycles. The summed E-state index contributed by atoms with van der Waals surface area (Å²) in [5.74, 6) is -1.09. The van der Waals surface area contributed by atoms with E-state index in [1.54, 1.807) is 13.2 Å². The van der Waals surface area contributed by atoms with E-state index in [-0.39, 0.29) is 24.8 Å². The Hall–Kier alpha value is -2.91. The van der Waals surface area contributed by atoms with Gasteiger partial charge in [0, 0.05) is 37.8 Å². The first-order valence-corrected chi connectivity index (χ1v) is 13.8. The molecule has 0 unspecified atom stereocenters. The molecule has 12 heteroatoms. The van der Waals surface area contributed by atoms with Crippen molar-refractivity contribution >= 4 is 15.7 Å². The van der Waals surface area contributed by atoms with E-state index in [1.807, 2.05) is 6.92 Å². The minimum Gasteiger partial charge on any atom is -0.337 e. The molecule has 1 saturated carbocycles. The standard InChI is InChI=1S/C25H30F3N5O3S/c1-3-33-10-8-24(16-29,9-11-33)31-23(34)18-4-6-20(12-18)37(35,36)22-7-5-17(13-21(22)25(26,27)28)19-14-30-32(2)15-19/h5,7,13-15,18,20H,3-4,6,8-12H2,1-2H3,(H,31,34)/t18-,20-/m1/s1. The van der Waals surface area contributed by atoms with Gasteiger partial charge in [0.2, 0.25) is 5.91 Å². The smallest absolute Gasteiger partial charge is 0.337 e. The lowest BCUT2D eigenvalue weighted by atomic mass is 9.88. The van der Waals surface area contributed by atoms with Crippen LogP contribution in [0.15, 0.2) is 35.5 Å². The molecule has 1 N–H and O–H groups in total. The second kappa shape index (κ2) is 10.1. The second-order valence-corrected chi connectivity index (χ2v) is 12.1. The number of carbonyl (C=O) groups is 1. The van der Waals surface area contributed by atoms with E-state index in [9.17, 15) is 31.6 Å². The number of aromatic nitrogens is 2. The number of benzene rings is 1. The normalized spacial score (nSPS) is 22.5. The summed E-state index contributed by atoms with van der Waals surface area (Å²) in [4.78, 5) is 14.4. The van der Waals surface area contributed by atoms with E-state index in [1.165, 1.54) is 16.9 Å². The fourth-order valence-corrected chi connectivity index (χ4v) is 7.27. The fourth-order valence-electron chi connectivity index (χ4n) is 5.24. The Labute approximate surface area is 214 Å². The number of likely N-dealkylation sites (tertiary alicyclic amines) is 1. The van der Waals surface area contributed by atoms with Crippen LogP contribution in [0.1, 0.15) is 44.6 Å². The van der Waals surface area contributed by atoms with Crippen LogP contribution in [0.4, 0.5) is 13.2 Å². The summed E-state index contributed by atoms with van der Waals surface area (Å²) in [7, 11) is -2.74. The molecule has 0 spiro atoms. The van der Waals surface area contributed by atoms with Crippen molar-refractivity contribution in [2.45, 2.75) is 60.9 Å². The molecular formula is C25H30F3N5O3S.